The van der Waals surface area contributed by atoms with E-state index in [0.717, 1.165) is 0 Å². The predicted octanol–water partition coefficient (Wildman–Crippen LogP) is 3.45. The fraction of sp³-hybridized carbons (Fsp3) is 1.00. The highest BCUT2D eigenvalue weighted by atomic mass is 31.2. The molecule has 1 aliphatic rings. The van der Waals surface area contributed by atoms with Gasteiger partial charge in [0.2, 0.25) is 0 Å². The van der Waals surface area contributed by atoms with Crippen molar-refractivity contribution < 1.29 is 27.2 Å². The van der Waals surface area contributed by atoms with E-state index in [0.29, 0.717) is 19.6 Å². The third-order valence-corrected chi connectivity index (χ3v) is 8.34. The maximum atomic E-state index is 12.9. The lowest BCUT2D eigenvalue weighted by Crippen LogP contribution is -2.24. The Kier molecular flexibility index (Phi) is 7.28. The Morgan fingerprint density at radius 3 is 1.95 bits per heavy atom. The maximum absolute atomic E-state index is 12.9. The third-order valence-electron chi connectivity index (χ3n) is 3.66. The normalized spacial score (nSPS) is 25.7. The van der Waals surface area contributed by atoms with E-state index >= 15 is 0 Å². The van der Waals surface area contributed by atoms with Crippen LogP contribution in [-0.2, 0) is 27.2 Å². The molecule has 1 rings (SSSR count). The van der Waals surface area contributed by atoms with Gasteiger partial charge < -0.3 is 18.1 Å². The van der Waals surface area contributed by atoms with Crippen LogP contribution in [0.25, 0.3) is 0 Å². The first-order valence-corrected chi connectivity index (χ1v) is 10.9. The Morgan fingerprint density at radius 1 is 1.09 bits per heavy atom. The Bertz CT molecular complexity index is 440. The summed E-state index contributed by atoms with van der Waals surface area (Å²) in [5.41, 5.74) is 0. The van der Waals surface area contributed by atoms with Gasteiger partial charge in [-0.15, -0.1) is 0 Å². The van der Waals surface area contributed by atoms with Crippen LogP contribution in [-0.4, -0.2) is 44.9 Å². The van der Waals surface area contributed by atoms with E-state index in [1.54, 1.807) is 13.8 Å². The monoisotopic (exact) mass is 357 g/mol. The molecule has 1 N–H and O–H groups in total. The lowest BCUT2D eigenvalue weighted by molar-refractivity contribution is 0.219. The van der Waals surface area contributed by atoms with Gasteiger partial charge in [-0.2, -0.15) is 0 Å². The zero-order valence-corrected chi connectivity index (χ0v) is 16.1. The molecule has 2 atom stereocenters. The molecule has 0 aliphatic carbocycles. The van der Waals surface area contributed by atoms with Gasteiger partial charge in [-0.05, 0) is 26.2 Å². The van der Waals surface area contributed by atoms with E-state index in [2.05, 4.69) is 5.32 Å². The minimum absolute atomic E-state index is 0.151. The van der Waals surface area contributed by atoms with Crippen molar-refractivity contribution in [2.24, 2.45) is 5.92 Å². The van der Waals surface area contributed by atoms with Crippen molar-refractivity contribution in [3.05, 3.63) is 0 Å². The second-order valence-electron chi connectivity index (χ2n) is 5.71. The minimum Gasteiger partial charge on any atom is -0.311 e. The van der Waals surface area contributed by atoms with Crippen LogP contribution in [0.5, 0.6) is 0 Å². The van der Waals surface area contributed by atoms with Crippen molar-refractivity contribution in [1.82, 2.24) is 5.32 Å². The lowest BCUT2D eigenvalue weighted by Gasteiger charge is -2.26. The van der Waals surface area contributed by atoms with Gasteiger partial charge in [-0.1, -0.05) is 13.8 Å². The minimum atomic E-state index is -3.35. The molecule has 7 nitrogen and oxygen atoms in total. The van der Waals surface area contributed by atoms with Crippen molar-refractivity contribution in [3.63, 3.8) is 0 Å². The van der Waals surface area contributed by atoms with Gasteiger partial charge in [0.1, 0.15) is 5.28 Å². The van der Waals surface area contributed by atoms with E-state index in [1.165, 1.54) is 14.2 Å². The van der Waals surface area contributed by atoms with E-state index in [4.69, 9.17) is 18.1 Å². The highest BCUT2D eigenvalue weighted by Crippen LogP contribution is 2.69. The Morgan fingerprint density at radius 2 is 1.59 bits per heavy atom. The summed E-state index contributed by atoms with van der Waals surface area (Å²) >= 11 is 0. The van der Waals surface area contributed by atoms with Gasteiger partial charge in [0, 0.05) is 20.3 Å². The summed E-state index contributed by atoms with van der Waals surface area (Å²) in [6.07, 6.45) is 0.743. The predicted molar refractivity (Wildman–Crippen MR) is 86.5 cm³/mol. The van der Waals surface area contributed by atoms with Crippen LogP contribution in [0.2, 0.25) is 0 Å². The van der Waals surface area contributed by atoms with Crippen LogP contribution in [0.3, 0.4) is 0 Å². The van der Waals surface area contributed by atoms with E-state index in [1.807, 2.05) is 13.8 Å². The Hall–Kier alpha value is 0.260. The zero-order chi connectivity index (χ0) is 17.0. The summed E-state index contributed by atoms with van der Waals surface area (Å²) < 4.78 is 46.6. The van der Waals surface area contributed by atoms with E-state index in [-0.39, 0.29) is 18.1 Å². The van der Waals surface area contributed by atoms with Gasteiger partial charge in [-0.25, -0.2) is 0 Å². The van der Waals surface area contributed by atoms with Crippen LogP contribution in [0.1, 0.15) is 34.1 Å². The summed E-state index contributed by atoms with van der Waals surface area (Å²) in [4.78, 5) is 0. The number of nitrogens with one attached hydrogen (secondary N) is 1. The highest BCUT2D eigenvalue weighted by molar-refractivity contribution is 7.56. The average molecular weight is 357 g/mol. The molecule has 1 aliphatic heterocycles. The van der Waals surface area contributed by atoms with Crippen LogP contribution >= 0.6 is 15.2 Å². The van der Waals surface area contributed by atoms with Crippen LogP contribution in [0.15, 0.2) is 0 Å². The van der Waals surface area contributed by atoms with E-state index in [9.17, 15) is 9.13 Å². The molecule has 0 unspecified atom stereocenters. The molecule has 0 aromatic carbocycles. The molecule has 1 heterocycles. The highest BCUT2D eigenvalue weighted by Gasteiger charge is 2.68. The summed E-state index contributed by atoms with van der Waals surface area (Å²) in [6.45, 7) is 8.18. The van der Waals surface area contributed by atoms with Crippen LogP contribution in [0, 0.1) is 5.92 Å². The molecule has 0 spiro atoms. The molecule has 132 valence electrons. The fourth-order valence-corrected chi connectivity index (χ4v) is 7.06. The third kappa shape index (κ3) is 4.21. The Labute approximate surface area is 133 Å². The summed E-state index contributed by atoms with van der Waals surface area (Å²) in [5.74, 6) is 0.273. The molecule has 22 heavy (non-hydrogen) atoms. The summed E-state index contributed by atoms with van der Waals surface area (Å²) in [7, 11) is -3.83. The first kappa shape index (κ1) is 20.3. The van der Waals surface area contributed by atoms with Crippen molar-refractivity contribution >= 4 is 15.2 Å². The standard InChI is InChI=1S/C13H29NO6P2/c1-7-19-21(15,20-8-2)10-12-13(14-12,9-11(3)4)22(16,17-5)18-6/h11-12,14H,7-10H2,1-6H3/t12-,13-/m0/s1. The quantitative estimate of drug-likeness (QED) is 0.447. The number of hydrogen-bond donors (Lipinski definition) is 1. The second kappa shape index (κ2) is 7.89. The maximum Gasteiger partial charge on any atom is 0.351 e. The first-order valence-electron chi connectivity index (χ1n) is 7.60. The van der Waals surface area contributed by atoms with Crippen molar-refractivity contribution in [2.45, 2.75) is 45.4 Å². The van der Waals surface area contributed by atoms with Crippen molar-refractivity contribution in [1.29, 1.82) is 0 Å². The average Bonchev–Trinajstić information content (AvgIpc) is 3.10. The molecule has 0 aromatic rings. The van der Waals surface area contributed by atoms with Gasteiger partial charge in [0.25, 0.3) is 0 Å². The van der Waals surface area contributed by atoms with Gasteiger partial charge in [0.05, 0.1) is 19.4 Å². The number of hydrogen-bond acceptors (Lipinski definition) is 7. The van der Waals surface area contributed by atoms with E-state index < -0.39 is 20.5 Å². The first-order chi connectivity index (χ1) is 10.2. The second-order valence-corrected chi connectivity index (χ2v) is 10.3. The molecule has 0 aromatic heterocycles. The topological polar surface area (TPSA) is 93.0 Å². The summed E-state index contributed by atoms with van der Waals surface area (Å²) in [6, 6.07) is -0.287. The van der Waals surface area contributed by atoms with Crippen molar-refractivity contribution in [2.75, 3.05) is 33.6 Å². The SMILES string of the molecule is CCOP(=O)(C[C@@H]1N[C@@]1(CC(C)C)P(=O)(OC)OC)OCC. The summed E-state index contributed by atoms with van der Waals surface area (Å²) in [5, 5.41) is 2.36. The van der Waals surface area contributed by atoms with Gasteiger partial charge >= 0.3 is 15.2 Å². The molecule has 0 bridgehead atoms. The van der Waals surface area contributed by atoms with Crippen LogP contribution in [0.4, 0.5) is 0 Å². The largest absolute Gasteiger partial charge is 0.351 e. The fourth-order valence-electron chi connectivity index (χ4n) is 2.82. The van der Waals surface area contributed by atoms with Crippen LogP contribution < -0.4 is 5.32 Å². The lowest BCUT2D eigenvalue weighted by atomic mass is 10.1. The zero-order valence-electron chi connectivity index (χ0n) is 14.3. The molecule has 1 fully saturated rings. The molecular formula is C13H29NO6P2. The number of rotatable bonds is 11. The molecule has 0 radical (unpaired) electrons. The molecule has 9 heteroatoms. The van der Waals surface area contributed by atoms with Gasteiger partial charge in [-0.3, -0.25) is 14.4 Å². The molecule has 0 amide bonds. The molecule has 1 saturated heterocycles. The Balaban J connectivity index is 2.97. The smallest absolute Gasteiger partial charge is 0.311 e. The molecule has 0 saturated carbocycles. The van der Waals surface area contributed by atoms with Crippen molar-refractivity contribution in [3.8, 4) is 0 Å². The molecular weight excluding hydrogens is 328 g/mol. The van der Waals surface area contributed by atoms with Gasteiger partial charge in [0.15, 0.2) is 0 Å².